The summed E-state index contributed by atoms with van der Waals surface area (Å²) in [7, 11) is 0. The third kappa shape index (κ3) is 1.23. The molecule has 2 aromatic rings. The van der Waals surface area contributed by atoms with E-state index in [0.29, 0.717) is 0 Å². The molecule has 17 heavy (non-hydrogen) atoms. The highest BCUT2D eigenvalue weighted by molar-refractivity contribution is 5.81. The summed E-state index contributed by atoms with van der Waals surface area (Å²) in [5.41, 5.74) is 1.91. The Hall–Kier alpha value is -1.61. The Bertz CT molecular complexity index is 621. The highest BCUT2D eigenvalue weighted by Gasteiger charge is 2.56. The van der Waals surface area contributed by atoms with Crippen LogP contribution in [-0.2, 0) is 4.74 Å². The number of aromatic nitrogens is 1. The predicted octanol–water partition coefficient (Wildman–Crippen LogP) is 2.85. The van der Waals surface area contributed by atoms with Gasteiger partial charge in [-0.1, -0.05) is 6.07 Å². The number of ether oxygens (including phenoxy) is 2. The molecule has 0 spiro atoms. The van der Waals surface area contributed by atoms with Crippen LogP contribution in [0.3, 0.4) is 0 Å². The van der Waals surface area contributed by atoms with Gasteiger partial charge in [-0.3, -0.25) is 4.98 Å². The summed E-state index contributed by atoms with van der Waals surface area (Å²) in [5.74, 6) is 0.939. The van der Waals surface area contributed by atoms with Crippen molar-refractivity contribution in [3.05, 3.63) is 36.0 Å². The number of pyridine rings is 1. The number of epoxide rings is 1. The second kappa shape index (κ2) is 2.79. The van der Waals surface area contributed by atoms with Gasteiger partial charge in [0.15, 0.2) is 0 Å². The van der Waals surface area contributed by atoms with E-state index in [4.69, 9.17) is 9.47 Å². The monoisotopic (exact) mass is 227 g/mol. The average molecular weight is 227 g/mol. The highest BCUT2D eigenvalue weighted by Crippen LogP contribution is 2.54. The zero-order chi connectivity index (χ0) is 11.6. The summed E-state index contributed by atoms with van der Waals surface area (Å²) in [6, 6.07) is 8.15. The van der Waals surface area contributed by atoms with Gasteiger partial charge in [0, 0.05) is 17.1 Å². The van der Waals surface area contributed by atoms with Crippen LogP contribution in [0.2, 0.25) is 0 Å². The normalized spacial score (nSPS) is 28.1. The topological polar surface area (TPSA) is 34.6 Å². The van der Waals surface area contributed by atoms with Crippen molar-refractivity contribution in [1.29, 1.82) is 0 Å². The summed E-state index contributed by atoms with van der Waals surface area (Å²) < 4.78 is 11.7. The number of hydrogen-bond donors (Lipinski definition) is 0. The third-order valence-electron chi connectivity index (χ3n) is 3.59. The van der Waals surface area contributed by atoms with Crippen LogP contribution in [0.1, 0.15) is 25.5 Å². The average Bonchev–Trinajstić information content (AvgIpc) is 3.07. The molecule has 2 aliphatic heterocycles. The Morgan fingerprint density at radius 2 is 2.18 bits per heavy atom. The first-order valence-electron chi connectivity index (χ1n) is 5.88. The maximum absolute atomic E-state index is 6.03. The van der Waals surface area contributed by atoms with E-state index in [-0.39, 0.29) is 17.8 Å². The Balaban J connectivity index is 1.96. The fourth-order valence-electron chi connectivity index (χ4n) is 2.65. The molecule has 86 valence electrons. The van der Waals surface area contributed by atoms with Crippen molar-refractivity contribution in [3.8, 4) is 5.75 Å². The Labute approximate surface area is 99.4 Å². The Morgan fingerprint density at radius 3 is 3.06 bits per heavy atom. The number of hydrogen-bond acceptors (Lipinski definition) is 3. The fraction of sp³-hybridized carbons (Fsp3) is 0.357. The van der Waals surface area contributed by atoms with Crippen LogP contribution in [-0.4, -0.2) is 16.7 Å². The van der Waals surface area contributed by atoms with E-state index >= 15 is 0 Å². The van der Waals surface area contributed by atoms with E-state index in [0.717, 1.165) is 22.2 Å². The first kappa shape index (κ1) is 9.42. The third-order valence-corrected chi connectivity index (χ3v) is 3.59. The molecule has 0 saturated carbocycles. The van der Waals surface area contributed by atoms with E-state index in [1.807, 2.05) is 12.3 Å². The largest absolute Gasteiger partial charge is 0.485 e. The van der Waals surface area contributed by atoms with Gasteiger partial charge in [0.1, 0.15) is 23.6 Å². The Morgan fingerprint density at radius 1 is 1.29 bits per heavy atom. The van der Waals surface area contributed by atoms with Gasteiger partial charge in [-0.15, -0.1) is 0 Å². The van der Waals surface area contributed by atoms with Crippen molar-refractivity contribution in [1.82, 2.24) is 4.98 Å². The molecule has 1 fully saturated rings. The number of rotatable bonds is 0. The van der Waals surface area contributed by atoms with Crippen molar-refractivity contribution >= 4 is 10.9 Å². The quantitative estimate of drug-likeness (QED) is 0.649. The van der Waals surface area contributed by atoms with Gasteiger partial charge in [0.2, 0.25) is 0 Å². The Kier molecular flexibility index (Phi) is 1.55. The first-order valence-corrected chi connectivity index (χ1v) is 5.88. The first-order chi connectivity index (χ1) is 8.15. The molecule has 3 heterocycles. The van der Waals surface area contributed by atoms with Crippen molar-refractivity contribution in [2.75, 3.05) is 0 Å². The molecule has 0 bridgehead atoms. The van der Waals surface area contributed by atoms with E-state index in [2.05, 4.69) is 37.0 Å². The summed E-state index contributed by atoms with van der Waals surface area (Å²) in [6.07, 6.45) is 2.20. The zero-order valence-electron chi connectivity index (χ0n) is 9.81. The van der Waals surface area contributed by atoms with Crippen molar-refractivity contribution in [3.63, 3.8) is 0 Å². The highest BCUT2D eigenvalue weighted by atomic mass is 16.6. The smallest absolute Gasteiger partial charge is 0.132 e. The second-order valence-corrected chi connectivity index (χ2v) is 5.27. The summed E-state index contributed by atoms with van der Waals surface area (Å²) >= 11 is 0. The lowest BCUT2D eigenvalue weighted by Gasteiger charge is -2.29. The lowest BCUT2D eigenvalue weighted by Crippen LogP contribution is -2.37. The van der Waals surface area contributed by atoms with E-state index in [1.165, 1.54) is 0 Å². The molecule has 3 heteroatoms. The van der Waals surface area contributed by atoms with Gasteiger partial charge in [-0.2, -0.15) is 0 Å². The van der Waals surface area contributed by atoms with Crippen LogP contribution in [0.5, 0.6) is 5.75 Å². The summed E-state index contributed by atoms with van der Waals surface area (Å²) in [6.45, 7) is 4.15. The summed E-state index contributed by atoms with van der Waals surface area (Å²) in [4.78, 5) is 4.37. The van der Waals surface area contributed by atoms with Gasteiger partial charge in [0.25, 0.3) is 0 Å². The molecule has 0 amide bonds. The zero-order valence-corrected chi connectivity index (χ0v) is 9.81. The van der Waals surface area contributed by atoms with Crippen LogP contribution in [0.25, 0.3) is 10.9 Å². The van der Waals surface area contributed by atoms with Gasteiger partial charge in [-0.25, -0.2) is 0 Å². The molecule has 1 aromatic heterocycles. The van der Waals surface area contributed by atoms with Crippen molar-refractivity contribution in [2.45, 2.75) is 31.7 Å². The molecule has 1 saturated heterocycles. The number of nitrogens with zero attached hydrogens (tertiary/aromatic N) is 1. The van der Waals surface area contributed by atoms with Gasteiger partial charge < -0.3 is 9.47 Å². The lowest BCUT2D eigenvalue weighted by atomic mass is 9.93. The van der Waals surface area contributed by atoms with E-state index < -0.39 is 0 Å². The molecule has 4 rings (SSSR count). The minimum atomic E-state index is -0.229. The molecule has 0 radical (unpaired) electrons. The molecule has 0 N–H and O–H groups in total. The van der Waals surface area contributed by atoms with Crippen LogP contribution >= 0.6 is 0 Å². The molecule has 2 aliphatic rings. The summed E-state index contributed by atoms with van der Waals surface area (Å²) in [5, 5.41) is 1.11. The van der Waals surface area contributed by atoms with Crippen LogP contribution < -0.4 is 4.74 Å². The molecule has 1 unspecified atom stereocenters. The predicted molar refractivity (Wildman–Crippen MR) is 64.1 cm³/mol. The molecule has 2 atom stereocenters. The second-order valence-electron chi connectivity index (χ2n) is 5.27. The van der Waals surface area contributed by atoms with Gasteiger partial charge >= 0.3 is 0 Å². The standard InChI is InChI=1S/C14H13NO2/c1-14(2)13-12(16-13)9-7-10-8(4-3-5-15-10)6-11(9)17-14/h3-7,12-13H,1-2H3/t12-,13?/m1/s1. The van der Waals surface area contributed by atoms with E-state index in [1.54, 1.807) is 0 Å². The van der Waals surface area contributed by atoms with Gasteiger partial charge in [-0.05, 0) is 32.0 Å². The SMILES string of the molecule is CC1(C)Oc2cc3cccnc3cc2[C@H]2OC21. The molecule has 0 aliphatic carbocycles. The maximum atomic E-state index is 6.03. The molecular weight excluding hydrogens is 214 g/mol. The number of benzene rings is 1. The van der Waals surface area contributed by atoms with Crippen LogP contribution in [0.15, 0.2) is 30.5 Å². The van der Waals surface area contributed by atoms with Crippen molar-refractivity contribution < 1.29 is 9.47 Å². The van der Waals surface area contributed by atoms with Crippen molar-refractivity contribution in [2.24, 2.45) is 0 Å². The van der Waals surface area contributed by atoms with E-state index in [9.17, 15) is 0 Å². The van der Waals surface area contributed by atoms with Crippen LogP contribution in [0.4, 0.5) is 0 Å². The molecule has 1 aromatic carbocycles. The fourth-order valence-corrected chi connectivity index (χ4v) is 2.65. The van der Waals surface area contributed by atoms with Crippen LogP contribution in [0, 0.1) is 0 Å². The lowest BCUT2D eigenvalue weighted by molar-refractivity contribution is 0.0727. The maximum Gasteiger partial charge on any atom is 0.132 e. The molecular formula is C14H13NO2. The van der Waals surface area contributed by atoms with Gasteiger partial charge in [0.05, 0.1) is 5.52 Å². The minimum Gasteiger partial charge on any atom is -0.485 e. The molecule has 3 nitrogen and oxygen atoms in total. The number of fused-ring (bicyclic) bond motifs is 4. The minimum absolute atomic E-state index is 0.191.